The lowest BCUT2D eigenvalue weighted by Gasteiger charge is -2.12. The van der Waals surface area contributed by atoms with E-state index < -0.39 is 6.10 Å². The van der Waals surface area contributed by atoms with Crippen LogP contribution in [0.1, 0.15) is 44.4 Å². The Balaban J connectivity index is 2.02. The van der Waals surface area contributed by atoms with Crippen molar-refractivity contribution in [3.8, 4) is 0 Å². The van der Waals surface area contributed by atoms with Crippen LogP contribution in [0.25, 0.3) is 0 Å². The van der Waals surface area contributed by atoms with Gasteiger partial charge in [-0.1, -0.05) is 26.2 Å². The van der Waals surface area contributed by atoms with E-state index in [2.05, 4.69) is 22.2 Å². The first-order chi connectivity index (χ1) is 8.33. The second kappa shape index (κ2) is 5.82. The highest BCUT2D eigenvalue weighted by Crippen LogP contribution is 2.24. The first-order valence-corrected chi connectivity index (χ1v) is 6.31. The van der Waals surface area contributed by atoms with Crippen LogP contribution in [0.3, 0.4) is 0 Å². The van der Waals surface area contributed by atoms with Crippen molar-refractivity contribution in [1.82, 2.24) is 9.55 Å². The molecule has 1 aromatic heterocycles. The number of aryl methyl sites for hydroxylation is 1. The Kier molecular flexibility index (Phi) is 4.14. The number of aliphatic hydroxyl groups excluding tert-OH is 1. The summed E-state index contributed by atoms with van der Waals surface area (Å²) in [5.74, 6) is 0.731. The molecule has 5 nitrogen and oxygen atoms in total. The largest absolute Gasteiger partial charge is 0.385 e. The molecule has 1 aromatic rings. The molecule has 0 radical (unpaired) electrons. The maximum absolute atomic E-state index is 10.00. The molecule has 1 aliphatic rings. The van der Waals surface area contributed by atoms with E-state index in [0.29, 0.717) is 6.54 Å². The van der Waals surface area contributed by atoms with Crippen LogP contribution in [-0.4, -0.2) is 27.5 Å². The molecule has 0 amide bonds. The number of nitrogens with zero attached hydrogens (tertiary/aromatic N) is 3. The molecule has 0 saturated heterocycles. The number of nitrogens with one attached hydrogen (secondary N) is 1. The Labute approximate surface area is 102 Å². The molecule has 0 saturated carbocycles. The Morgan fingerprint density at radius 3 is 3.18 bits per heavy atom. The fourth-order valence-electron chi connectivity index (χ4n) is 2.09. The summed E-state index contributed by atoms with van der Waals surface area (Å²) >= 11 is 0. The molecule has 2 heterocycles. The van der Waals surface area contributed by atoms with E-state index in [4.69, 9.17) is 0 Å². The van der Waals surface area contributed by atoms with Crippen molar-refractivity contribution in [2.24, 2.45) is 4.99 Å². The average molecular weight is 236 g/mol. The van der Waals surface area contributed by atoms with Crippen molar-refractivity contribution in [2.75, 3.05) is 11.9 Å². The minimum absolute atomic E-state index is 0.403. The molecule has 1 aliphatic heterocycles. The third-order valence-corrected chi connectivity index (χ3v) is 3.02. The van der Waals surface area contributed by atoms with Gasteiger partial charge in [-0.25, -0.2) is 4.98 Å². The van der Waals surface area contributed by atoms with E-state index >= 15 is 0 Å². The number of rotatable bonds is 5. The summed E-state index contributed by atoms with van der Waals surface area (Å²) in [7, 11) is 0. The van der Waals surface area contributed by atoms with Gasteiger partial charge in [0.15, 0.2) is 5.82 Å². The zero-order valence-corrected chi connectivity index (χ0v) is 10.3. The summed E-state index contributed by atoms with van der Waals surface area (Å²) < 4.78 is 2.04. The predicted molar refractivity (Wildman–Crippen MR) is 68.3 cm³/mol. The van der Waals surface area contributed by atoms with Crippen LogP contribution >= 0.6 is 0 Å². The molecule has 1 atom stereocenters. The van der Waals surface area contributed by atoms with E-state index in [9.17, 15) is 5.11 Å². The molecule has 94 valence electrons. The molecule has 0 spiro atoms. The van der Waals surface area contributed by atoms with Gasteiger partial charge in [-0.05, 0) is 6.42 Å². The number of aliphatic imine (C=N–C) groups is 1. The lowest BCUT2D eigenvalue weighted by atomic mass is 10.2. The number of hydrogen-bond acceptors (Lipinski definition) is 4. The van der Waals surface area contributed by atoms with Gasteiger partial charge in [0.2, 0.25) is 0 Å². The van der Waals surface area contributed by atoms with Gasteiger partial charge in [-0.2, -0.15) is 0 Å². The standard InChI is InChI=1S/C12H20N4O/c1-2-3-4-5-6-16-9-15-12-11(16)10(17)7-13-8-14-12/h8-10,17H,2-7H2,1H3,(H,13,14). The van der Waals surface area contributed by atoms with Crippen LogP contribution in [0.15, 0.2) is 11.3 Å². The number of aromatic nitrogens is 2. The van der Waals surface area contributed by atoms with Gasteiger partial charge in [-0.3, -0.25) is 4.99 Å². The molecule has 0 aromatic carbocycles. The highest BCUT2D eigenvalue weighted by Gasteiger charge is 2.20. The Morgan fingerprint density at radius 1 is 1.47 bits per heavy atom. The topological polar surface area (TPSA) is 62.4 Å². The average Bonchev–Trinajstić information content (AvgIpc) is 2.64. The molecular formula is C12H20N4O. The third kappa shape index (κ3) is 2.85. The highest BCUT2D eigenvalue weighted by atomic mass is 16.3. The summed E-state index contributed by atoms with van der Waals surface area (Å²) in [6.07, 6.45) is 7.70. The van der Waals surface area contributed by atoms with Crippen LogP contribution < -0.4 is 5.32 Å². The lowest BCUT2D eigenvalue weighted by molar-refractivity contribution is 0.178. The molecule has 17 heavy (non-hydrogen) atoms. The van der Waals surface area contributed by atoms with E-state index in [1.807, 2.05) is 4.57 Å². The Hall–Kier alpha value is -1.36. The number of hydrogen-bond donors (Lipinski definition) is 2. The van der Waals surface area contributed by atoms with E-state index in [-0.39, 0.29) is 0 Å². The molecule has 2 N–H and O–H groups in total. The smallest absolute Gasteiger partial charge is 0.155 e. The summed E-state index contributed by atoms with van der Waals surface area (Å²) in [6, 6.07) is 0. The van der Waals surface area contributed by atoms with E-state index in [0.717, 1.165) is 24.5 Å². The normalized spacial score (nSPS) is 18.6. The Morgan fingerprint density at radius 2 is 2.35 bits per heavy atom. The van der Waals surface area contributed by atoms with Gasteiger partial charge in [0.1, 0.15) is 6.10 Å². The lowest BCUT2D eigenvalue weighted by Crippen LogP contribution is -2.10. The van der Waals surface area contributed by atoms with Crippen molar-refractivity contribution in [3.63, 3.8) is 0 Å². The van der Waals surface area contributed by atoms with Crippen molar-refractivity contribution in [3.05, 3.63) is 12.0 Å². The fraction of sp³-hybridized carbons (Fsp3) is 0.667. The zero-order valence-electron chi connectivity index (χ0n) is 10.3. The second-order valence-corrected chi connectivity index (χ2v) is 4.39. The van der Waals surface area contributed by atoms with E-state index in [1.54, 1.807) is 12.7 Å². The van der Waals surface area contributed by atoms with Crippen molar-refractivity contribution in [2.45, 2.75) is 45.3 Å². The maximum atomic E-state index is 10.00. The van der Waals surface area contributed by atoms with Gasteiger partial charge in [-0.15, -0.1) is 0 Å². The van der Waals surface area contributed by atoms with Crippen LogP contribution in [0.2, 0.25) is 0 Å². The number of imidazole rings is 1. The molecule has 0 aliphatic carbocycles. The van der Waals surface area contributed by atoms with Gasteiger partial charge in [0.05, 0.1) is 24.9 Å². The highest BCUT2D eigenvalue weighted by molar-refractivity contribution is 5.75. The quantitative estimate of drug-likeness (QED) is 0.768. The minimum atomic E-state index is -0.551. The van der Waals surface area contributed by atoms with Gasteiger partial charge < -0.3 is 15.0 Å². The number of fused-ring (bicyclic) bond motifs is 1. The van der Waals surface area contributed by atoms with Crippen LogP contribution in [0.4, 0.5) is 5.82 Å². The molecule has 5 heteroatoms. The van der Waals surface area contributed by atoms with Crippen LogP contribution in [-0.2, 0) is 6.54 Å². The summed E-state index contributed by atoms with van der Waals surface area (Å²) in [6.45, 7) is 3.52. The fourth-order valence-corrected chi connectivity index (χ4v) is 2.09. The first kappa shape index (κ1) is 12.1. The maximum Gasteiger partial charge on any atom is 0.155 e. The first-order valence-electron chi connectivity index (χ1n) is 6.31. The predicted octanol–water partition coefficient (Wildman–Crippen LogP) is 1.95. The molecular weight excluding hydrogens is 216 g/mol. The van der Waals surface area contributed by atoms with Gasteiger partial charge in [0.25, 0.3) is 0 Å². The third-order valence-electron chi connectivity index (χ3n) is 3.02. The number of aliphatic hydroxyl groups is 1. The zero-order chi connectivity index (χ0) is 12.1. The molecule has 1 unspecified atom stereocenters. The van der Waals surface area contributed by atoms with Gasteiger partial charge in [0, 0.05) is 6.54 Å². The summed E-state index contributed by atoms with van der Waals surface area (Å²) in [5.41, 5.74) is 0.860. The summed E-state index contributed by atoms with van der Waals surface area (Å²) in [4.78, 5) is 8.32. The van der Waals surface area contributed by atoms with Crippen molar-refractivity contribution in [1.29, 1.82) is 0 Å². The van der Waals surface area contributed by atoms with Crippen molar-refractivity contribution < 1.29 is 5.11 Å². The molecule has 0 bridgehead atoms. The summed E-state index contributed by atoms with van der Waals surface area (Å²) in [5, 5.41) is 13.0. The number of anilines is 1. The molecule has 2 rings (SSSR count). The SMILES string of the molecule is CCCCCCn1cnc2c1C(O)CN=CN2. The minimum Gasteiger partial charge on any atom is -0.385 e. The van der Waals surface area contributed by atoms with Crippen LogP contribution in [0.5, 0.6) is 0 Å². The monoisotopic (exact) mass is 236 g/mol. The van der Waals surface area contributed by atoms with E-state index in [1.165, 1.54) is 19.3 Å². The Bertz CT molecular complexity index is 386. The molecule has 0 fully saturated rings. The van der Waals surface area contributed by atoms with Crippen molar-refractivity contribution >= 4 is 12.2 Å². The van der Waals surface area contributed by atoms with Gasteiger partial charge >= 0.3 is 0 Å². The van der Waals surface area contributed by atoms with Crippen LogP contribution in [0, 0.1) is 0 Å². The number of unbranched alkanes of at least 4 members (excludes halogenated alkanes) is 3. The second-order valence-electron chi connectivity index (χ2n) is 4.39.